The summed E-state index contributed by atoms with van der Waals surface area (Å²) in [6, 6.07) is 12.7. The molecular formula is C27H38BrN3O4S. The van der Waals surface area contributed by atoms with E-state index in [0.29, 0.717) is 18.7 Å². The van der Waals surface area contributed by atoms with Crippen molar-refractivity contribution in [2.24, 2.45) is 0 Å². The van der Waals surface area contributed by atoms with E-state index in [0.717, 1.165) is 34.0 Å². The van der Waals surface area contributed by atoms with E-state index in [9.17, 15) is 18.0 Å². The van der Waals surface area contributed by atoms with Crippen LogP contribution < -0.4 is 9.62 Å². The van der Waals surface area contributed by atoms with Crippen molar-refractivity contribution in [2.75, 3.05) is 23.7 Å². The maximum Gasteiger partial charge on any atom is 0.242 e. The summed E-state index contributed by atoms with van der Waals surface area (Å²) in [7, 11) is -3.53. The van der Waals surface area contributed by atoms with E-state index >= 15 is 0 Å². The molecule has 198 valence electrons. The van der Waals surface area contributed by atoms with Gasteiger partial charge in [0, 0.05) is 30.5 Å². The quantitative estimate of drug-likeness (QED) is 0.340. The second-order valence-corrected chi connectivity index (χ2v) is 12.0. The number of carbonyl (C=O) groups excluding carboxylic acids is 2. The normalized spacial score (nSPS) is 12.2. The Morgan fingerprint density at radius 2 is 1.81 bits per heavy atom. The molecular weight excluding hydrogens is 542 g/mol. The molecule has 0 radical (unpaired) electrons. The van der Waals surface area contributed by atoms with E-state index in [-0.39, 0.29) is 31.3 Å². The number of hydrogen-bond donors (Lipinski definition) is 1. The Bertz CT molecular complexity index is 1150. The molecule has 36 heavy (non-hydrogen) atoms. The lowest BCUT2D eigenvalue weighted by Gasteiger charge is -2.29. The number of nitrogens with one attached hydrogen (secondary N) is 1. The van der Waals surface area contributed by atoms with Gasteiger partial charge < -0.3 is 10.2 Å². The standard InChI is InChI=1S/C27H38BrN3O4S/c1-6-7-15-29-27(33)22(4)30(19-23-10-8-11-24(28)18-23)26(32)12-9-16-31(36(5,34)35)25-17-20(2)13-14-21(25)3/h8,10-11,13-14,17-18,22H,6-7,9,12,15-16,19H2,1-5H3,(H,29,33)/t22-/m1/s1. The Morgan fingerprint density at radius 1 is 1.08 bits per heavy atom. The molecule has 2 aromatic carbocycles. The van der Waals surface area contributed by atoms with Crippen LogP contribution in [0.5, 0.6) is 0 Å². The van der Waals surface area contributed by atoms with Crippen molar-refractivity contribution < 1.29 is 18.0 Å². The molecule has 2 aromatic rings. The second-order valence-electron chi connectivity index (χ2n) is 9.20. The van der Waals surface area contributed by atoms with Crippen molar-refractivity contribution in [3.05, 3.63) is 63.6 Å². The minimum atomic E-state index is -3.53. The van der Waals surface area contributed by atoms with Crippen LogP contribution >= 0.6 is 15.9 Å². The van der Waals surface area contributed by atoms with Gasteiger partial charge in [-0.1, -0.05) is 53.5 Å². The van der Waals surface area contributed by atoms with Crippen molar-refractivity contribution in [1.29, 1.82) is 0 Å². The van der Waals surface area contributed by atoms with Crippen molar-refractivity contribution in [3.8, 4) is 0 Å². The summed E-state index contributed by atoms with van der Waals surface area (Å²) in [5.74, 6) is -0.387. The summed E-state index contributed by atoms with van der Waals surface area (Å²) in [4.78, 5) is 27.7. The molecule has 7 nitrogen and oxygen atoms in total. The monoisotopic (exact) mass is 579 g/mol. The molecule has 2 amide bonds. The molecule has 0 bridgehead atoms. The highest BCUT2D eigenvalue weighted by Crippen LogP contribution is 2.25. The molecule has 0 saturated carbocycles. The van der Waals surface area contributed by atoms with E-state index in [4.69, 9.17) is 0 Å². The Hall–Kier alpha value is -2.39. The van der Waals surface area contributed by atoms with Crippen LogP contribution in [-0.4, -0.2) is 50.5 Å². The number of carbonyl (C=O) groups is 2. The van der Waals surface area contributed by atoms with Gasteiger partial charge in [0.1, 0.15) is 6.04 Å². The molecule has 0 aromatic heterocycles. The minimum Gasteiger partial charge on any atom is -0.354 e. The highest BCUT2D eigenvalue weighted by atomic mass is 79.9. The van der Waals surface area contributed by atoms with Gasteiger partial charge in [-0.2, -0.15) is 0 Å². The third-order valence-corrected chi connectivity index (χ3v) is 7.70. The molecule has 0 aliphatic rings. The van der Waals surface area contributed by atoms with Crippen LogP contribution in [0.2, 0.25) is 0 Å². The molecule has 0 aliphatic heterocycles. The number of halogens is 1. The molecule has 9 heteroatoms. The average molecular weight is 581 g/mol. The average Bonchev–Trinajstić information content (AvgIpc) is 2.81. The lowest BCUT2D eigenvalue weighted by molar-refractivity contribution is -0.140. The highest BCUT2D eigenvalue weighted by Gasteiger charge is 2.27. The fraction of sp³-hybridized carbons (Fsp3) is 0.481. The predicted octanol–water partition coefficient (Wildman–Crippen LogP) is 4.95. The first kappa shape index (κ1) is 29.8. The molecule has 0 aliphatic carbocycles. The topological polar surface area (TPSA) is 86.8 Å². The highest BCUT2D eigenvalue weighted by molar-refractivity contribution is 9.10. The smallest absolute Gasteiger partial charge is 0.242 e. The van der Waals surface area contributed by atoms with Gasteiger partial charge in [-0.3, -0.25) is 13.9 Å². The zero-order valence-corrected chi connectivity index (χ0v) is 24.3. The number of sulfonamides is 1. The Morgan fingerprint density at radius 3 is 2.44 bits per heavy atom. The van der Waals surface area contributed by atoms with E-state index in [2.05, 4.69) is 28.2 Å². The summed E-state index contributed by atoms with van der Waals surface area (Å²) in [5, 5.41) is 2.91. The van der Waals surface area contributed by atoms with Crippen LogP contribution in [0.25, 0.3) is 0 Å². The Balaban J connectivity index is 2.18. The number of amides is 2. The van der Waals surface area contributed by atoms with Crippen LogP contribution in [0.15, 0.2) is 46.9 Å². The molecule has 0 saturated heterocycles. The Labute approximate surface area is 224 Å². The summed E-state index contributed by atoms with van der Waals surface area (Å²) in [6.07, 6.45) is 3.47. The first-order valence-electron chi connectivity index (χ1n) is 12.3. The number of nitrogens with zero attached hydrogens (tertiary/aromatic N) is 2. The number of rotatable bonds is 13. The fourth-order valence-corrected chi connectivity index (χ4v) is 5.38. The lowest BCUT2D eigenvalue weighted by atomic mass is 10.1. The molecule has 0 fully saturated rings. The number of unbranched alkanes of at least 4 members (excludes halogenated alkanes) is 1. The van der Waals surface area contributed by atoms with Gasteiger partial charge in [0.2, 0.25) is 21.8 Å². The van der Waals surface area contributed by atoms with Gasteiger partial charge >= 0.3 is 0 Å². The molecule has 0 spiro atoms. The van der Waals surface area contributed by atoms with E-state index < -0.39 is 16.1 Å². The summed E-state index contributed by atoms with van der Waals surface area (Å²) < 4.78 is 27.4. The first-order valence-corrected chi connectivity index (χ1v) is 14.9. The number of benzene rings is 2. The van der Waals surface area contributed by atoms with Crippen LogP contribution in [-0.2, 0) is 26.2 Å². The van der Waals surface area contributed by atoms with Crippen LogP contribution in [0.1, 0.15) is 56.2 Å². The maximum atomic E-state index is 13.4. The zero-order valence-electron chi connectivity index (χ0n) is 21.9. The third kappa shape index (κ3) is 8.92. The van der Waals surface area contributed by atoms with Gasteiger partial charge in [0.15, 0.2) is 0 Å². The number of hydrogen-bond acceptors (Lipinski definition) is 4. The van der Waals surface area contributed by atoms with E-state index in [1.165, 1.54) is 10.6 Å². The van der Waals surface area contributed by atoms with Gasteiger partial charge in [-0.25, -0.2) is 8.42 Å². The zero-order chi connectivity index (χ0) is 26.9. The lowest BCUT2D eigenvalue weighted by Crippen LogP contribution is -2.48. The maximum absolute atomic E-state index is 13.4. The van der Waals surface area contributed by atoms with Gasteiger partial charge in [-0.05, 0) is 68.5 Å². The van der Waals surface area contributed by atoms with Crippen molar-refractivity contribution in [2.45, 2.75) is 66.0 Å². The van der Waals surface area contributed by atoms with E-state index in [1.54, 1.807) is 11.8 Å². The summed E-state index contributed by atoms with van der Waals surface area (Å²) in [5.41, 5.74) is 3.34. The van der Waals surface area contributed by atoms with Crippen molar-refractivity contribution in [3.63, 3.8) is 0 Å². The van der Waals surface area contributed by atoms with Crippen LogP contribution in [0.4, 0.5) is 5.69 Å². The number of anilines is 1. The second kappa shape index (κ2) is 13.8. The largest absolute Gasteiger partial charge is 0.354 e. The van der Waals surface area contributed by atoms with Gasteiger partial charge in [-0.15, -0.1) is 0 Å². The van der Waals surface area contributed by atoms with Gasteiger partial charge in [0.25, 0.3) is 0 Å². The fourth-order valence-electron chi connectivity index (χ4n) is 3.92. The van der Waals surface area contributed by atoms with Crippen LogP contribution in [0, 0.1) is 13.8 Å². The summed E-state index contributed by atoms with van der Waals surface area (Å²) in [6.45, 7) is 8.60. The summed E-state index contributed by atoms with van der Waals surface area (Å²) >= 11 is 3.46. The molecule has 2 rings (SSSR count). The SMILES string of the molecule is CCCCNC(=O)[C@@H](C)N(Cc1cccc(Br)c1)C(=O)CCCN(c1cc(C)ccc1C)S(C)(=O)=O. The van der Waals surface area contributed by atoms with Crippen molar-refractivity contribution in [1.82, 2.24) is 10.2 Å². The van der Waals surface area contributed by atoms with Crippen LogP contribution in [0.3, 0.4) is 0 Å². The predicted molar refractivity (Wildman–Crippen MR) is 149 cm³/mol. The number of aryl methyl sites for hydroxylation is 2. The molecule has 0 heterocycles. The molecule has 1 N–H and O–H groups in total. The van der Waals surface area contributed by atoms with E-state index in [1.807, 2.05) is 56.3 Å². The third-order valence-electron chi connectivity index (χ3n) is 6.02. The van der Waals surface area contributed by atoms with Gasteiger partial charge in [0.05, 0.1) is 11.9 Å². The Kier molecular flexibility index (Phi) is 11.4. The van der Waals surface area contributed by atoms with Crippen molar-refractivity contribution >= 4 is 43.5 Å². The minimum absolute atomic E-state index is 0.122. The first-order chi connectivity index (χ1) is 16.9. The molecule has 0 unspecified atom stereocenters. The molecule has 1 atom stereocenters.